The van der Waals surface area contributed by atoms with Gasteiger partial charge in [-0.2, -0.15) is 0 Å². The number of nitrogens with zero attached hydrogens (tertiary/aromatic N) is 5. The van der Waals surface area contributed by atoms with E-state index in [0.717, 1.165) is 41.5 Å². The van der Waals surface area contributed by atoms with Crippen molar-refractivity contribution in [3.63, 3.8) is 0 Å². The van der Waals surface area contributed by atoms with Gasteiger partial charge in [0.05, 0.1) is 25.3 Å². The smallest absolute Gasteiger partial charge is 0.192 e. The van der Waals surface area contributed by atoms with Gasteiger partial charge in [0.2, 0.25) is 0 Å². The first-order valence-electron chi connectivity index (χ1n) is 10.5. The third-order valence-corrected chi connectivity index (χ3v) is 5.27. The van der Waals surface area contributed by atoms with Crippen molar-refractivity contribution in [1.82, 2.24) is 30.6 Å². The molecule has 2 aromatic heterocycles. The summed E-state index contributed by atoms with van der Waals surface area (Å²) in [7, 11) is 1.95. The highest BCUT2D eigenvalue weighted by atomic mass is 127. The van der Waals surface area contributed by atoms with E-state index in [1.54, 1.807) is 0 Å². The van der Waals surface area contributed by atoms with Crippen molar-refractivity contribution in [3.8, 4) is 0 Å². The van der Waals surface area contributed by atoms with E-state index in [0.29, 0.717) is 31.5 Å². The van der Waals surface area contributed by atoms with Gasteiger partial charge in [-0.1, -0.05) is 49.3 Å². The summed E-state index contributed by atoms with van der Waals surface area (Å²) < 4.78 is 7.48. The monoisotopic (exact) mass is 537 g/mol. The van der Waals surface area contributed by atoms with E-state index in [1.165, 1.54) is 0 Å². The predicted octanol–water partition coefficient (Wildman–Crippen LogP) is 4.07. The average molecular weight is 537 g/mol. The number of aryl methyl sites for hydroxylation is 1. The van der Waals surface area contributed by atoms with Gasteiger partial charge in [0, 0.05) is 19.0 Å². The van der Waals surface area contributed by atoms with Crippen molar-refractivity contribution in [3.05, 3.63) is 65.1 Å². The molecule has 0 aliphatic carbocycles. The molecule has 0 saturated carbocycles. The predicted molar refractivity (Wildman–Crippen MR) is 132 cm³/mol. The quantitative estimate of drug-likeness (QED) is 0.243. The number of nitrogens with one attached hydrogen (secondary N) is 2. The number of aliphatic imine (C=N–C) groups is 1. The molecule has 0 radical (unpaired) electrons. The largest absolute Gasteiger partial charge is 0.359 e. The van der Waals surface area contributed by atoms with E-state index in [1.807, 2.05) is 42.8 Å². The first-order valence-corrected chi connectivity index (χ1v) is 10.5. The number of hydrogen-bond donors (Lipinski definition) is 2. The molecular formula is C22H32IN7O. The van der Waals surface area contributed by atoms with Crippen molar-refractivity contribution in [2.45, 2.75) is 59.2 Å². The zero-order valence-electron chi connectivity index (χ0n) is 18.6. The summed E-state index contributed by atoms with van der Waals surface area (Å²) in [6, 6.07) is 12.2. The van der Waals surface area contributed by atoms with Gasteiger partial charge in [0.25, 0.3) is 0 Å². The fourth-order valence-corrected chi connectivity index (χ4v) is 3.18. The van der Waals surface area contributed by atoms with Crippen LogP contribution in [0.4, 0.5) is 0 Å². The molecule has 0 amide bonds. The minimum absolute atomic E-state index is 0. The first kappa shape index (κ1) is 24.8. The highest BCUT2D eigenvalue weighted by molar-refractivity contribution is 14.0. The summed E-state index contributed by atoms with van der Waals surface area (Å²) in [6.45, 7) is 7.88. The van der Waals surface area contributed by atoms with Crippen LogP contribution in [-0.2, 0) is 26.7 Å². The van der Waals surface area contributed by atoms with Crippen LogP contribution in [0.3, 0.4) is 0 Å². The SMILES string of the molecule is CCC(CC)c1cc(CNC(=NCc2ccccc2)NCc2nnc(C)n2C)on1.I. The average Bonchev–Trinajstić information content (AvgIpc) is 3.36. The van der Waals surface area contributed by atoms with Crippen LogP contribution >= 0.6 is 24.0 Å². The summed E-state index contributed by atoms with van der Waals surface area (Å²) in [5, 5.41) is 19.2. The molecule has 0 fully saturated rings. The Balaban J connectivity index is 0.00000341. The maximum Gasteiger partial charge on any atom is 0.192 e. The Kier molecular flexibility index (Phi) is 9.96. The molecule has 1 aromatic carbocycles. The van der Waals surface area contributed by atoms with Gasteiger partial charge >= 0.3 is 0 Å². The Morgan fingerprint density at radius 2 is 1.81 bits per heavy atom. The molecule has 31 heavy (non-hydrogen) atoms. The van der Waals surface area contributed by atoms with Crippen molar-refractivity contribution < 1.29 is 4.52 Å². The Labute approximate surface area is 200 Å². The fraction of sp³-hybridized carbons (Fsp3) is 0.455. The summed E-state index contributed by atoms with van der Waals surface area (Å²) >= 11 is 0. The van der Waals surface area contributed by atoms with Crippen LogP contribution in [0.25, 0.3) is 0 Å². The normalized spacial score (nSPS) is 11.5. The molecule has 2 heterocycles. The molecule has 8 nitrogen and oxygen atoms in total. The molecule has 0 saturated heterocycles. The molecule has 0 aliphatic rings. The number of benzene rings is 1. The number of halogens is 1. The second-order valence-corrected chi connectivity index (χ2v) is 7.31. The Morgan fingerprint density at radius 1 is 1.10 bits per heavy atom. The summed E-state index contributed by atoms with van der Waals surface area (Å²) in [6.07, 6.45) is 2.11. The van der Waals surface area contributed by atoms with Gasteiger partial charge in [-0.3, -0.25) is 0 Å². The van der Waals surface area contributed by atoms with Crippen molar-refractivity contribution in [2.24, 2.45) is 12.0 Å². The van der Waals surface area contributed by atoms with Crippen LogP contribution in [0.15, 0.2) is 45.9 Å². The molecule has 0 bridgehead atoms. The van der Waals surface area contributed by atoms with Gasteiger partial charge < -0.3 is 19.7 Å². The van der Waals surface area contributed by atoms with Gasteiger partial charge in [-0.25, -0.2) is 4.99 Å². The molecule has 2 N–H and O–H groups in total. The minimum Gasteiger partial charge on any atom is -0.359 e. The summed E-state index contributed by atoms with van der Waals surface area (Å²) in [4.78, 5) is 4.71. The lowest BCUT2D eigenvalue weighted by Crippen LogP contribution is -2.37. The number of guanidine groups is 1. The maximum atomic E-state index is 5.53. The van der Waals surface area contributed by atoms with E-state index in [2.05, 4.69) is 52.0 Å². The zero-order chi connectivity index (χ0) is 21.3. The van der Waals surface area contributed by atoms with E-state index in [-0.39, 0.29) is 24.0 Å². The molecule has 3 aromatic rings. The standard InChI is InChI=1S/C22H31N7O.HI/c1-5-18(6-2)20-12-19(30-28-20)14-24-22(23-13-17-10-8-7-9-11-17)25-15-21-27-26-16(3)29(21)4;/h7-12,18H,5-6,13-15H2,1-4H3,(H2,23,24,25);1H. The first-order chi connectivity index (χ1) is 14.6. The molecule has 0 spiro atoms. The highest BCUT2D eigenvalue weighted by Gasteiger charge is 2.13. The summed E-state index contributed by atoms with van der Waals surface area (Å²) in [5.41, 5.74) is 2.16. The molecule has 168 valence electrons. The molecule has 0 unspecified atom stereocenters. The van der Waals surface area contributed by atoms with E-state index >= 15 is 0 Å². The topological polar surface area (TPSA) is 93.2 Å². The number of rotatable bonds is 9. The van der Waals surface area contributed by atoms with Crippen molar-refractivity contribution in [2.75, 3.05) is 0 Å². The van der Waals surface area contributed by atoms with Crippen LogP contribution in [0.2, 0.25) is 0 Å². The lowest BCUT2D eigenvalue weighted by Gasteiger charge is -2.11. The van der Waals surface area contributed by atoms with Gasteiger partial charge in [0.1, 0.15) is 5.82 Å². The summed E-state index contributed by atoms with van der Waals surface area (Å²) in [5.74, 6) is 3.63. The third kappa shape index (κ3) is 7.05. The molecular weight excluding hydrogens is 505 g/mol. The lowest BCUT2D eigenvalue weighted by molar-refractivity contribution is 0.368. The number of aromatic nitrogens is 4. The Hall–Kier alpha value is -2.43. The number of hydrogen-bond acceptors (Lipinski definition) is 5. The van der Waals surface area contributed by atoms with Crippen molar-refractivity contribution >= 4 is 29.9 Å². The third-order valence-electron chi connectivity index (χ3n) is 5.27. The van der Waals surface area contributed by atoms with Crippen molar-refractivity contribution in [1.29, 1.82) is 0 Å². The van der Waals surface area contributed by atoms with Crippen LogP contribution in [0.1, 0.15) is 61.3 Å². The molecule has 0 atom stereocenters. The van der Waals surface area contributed by atoms with Crippen LogP contribution in [-0.4, -0.2) is 25.9 Å². The van der Waals surface area contributed by atoms with E-state index in [4.69, 9.17) is 9.52 Å². The molecule has 9 heteroatoms. The van der Waals surface area contributed by atoms with Crippen LogP contribution in [0, 0.1) is 6.92 Å². The maximum absolute atomic E-state index is 5.53. The molecule has 0 aliphatic heterocycles. The molecule has 3 rings (SSSR count). The van der Waals surface area contributed by atoms with Crippen LogP contribution < -0.4 is 10.6 Å². The van der Waals surface area contributed by atoms with Gasteiger partial charge in [-0.15, -0.1) is 34.2 Å². The van der Waals surface area contributed by atoms with E-state index in [9.17, 15) is 0 Å². The van der Waals surface area contributed by atoms with Gasteiger partial charge in [-0.05, 0) is 25.3 Å². The Morgan fingerprint density at radius 3 is 2.45 bits per heavy atom. The zero-order valence-corrected chi connectivity index (χ0v) is 21.0. The van der Waals surface area contributed by atoms with Crippen LogP contribution in [0.5, 0.6) is 0 Å². The second-order valence-electron chi connectivity index (χ2n) is 7.31. The van der Waals surface area contributed by atoms with Gasteiger partial charge in [0.15, 0.2) is 17.5 Å². The lowest BCUT2D eigenvalue weighted by atomic mass is 9.99. The fourth-order valence-electron chi connectivity index (χ4n) is 3.18. The highest BCUT2D eigenvalue weighted by Crippen LogP contribution is 2.22. The second kappa shape index (κ2) is 12.4. The minimum atomic E-state index is 0. The Bertz CT molecular complexity index is 948. The van der Waals surface area contributed by atoms with E-state index < -0.39 is 0 Å².